The minimum atomic E-state index is -0.668. The minimum Gasteiger partial charge on any atom is -0.368 e. The van der Waals surface area contributed by atoms with Gasteiger partial charge in [0.1, 0.15) is 6.04 Å². The highest BCUT2D eigenvalue weighted by Gasteiger charge is 2.32. The van der Waals surface area contributed by atoms with Crippen LogP contribution in [-0.4, -0.2) is 41.4 Å². The minimum absolute atomic E-state index is 0.164. The Hall–Kier alpha value is -3.69. The highest BCUT2D eigenvalue weighted by Crippen LogP contribution is 2.24. The first-order chi connectivity index (χ1) is 14.8. The zero-order valence-corrected chi connectivity index (χ0v) is 17.4. The van der Waals surface area contributed by atoms with Crippen LogP contribution in [0.1, 0.15) is 24.0 Å². The van der Waals surface area contributed by atoms with Gasteiger partial charge in [-0.2, -0.15) is 0 Å². The van der Waals surface area contributed by atoms with Crippen molar-refractivity contribution in [3.05, 3.63) is 62.6 Å². The van der Waals surface area contributed by atoms with Crippen molar-refractivity contribution in [3.63, 3.8) is 0 Å². The second-order valence-corrected chi connectivity index (χ2v) is 7.83. The number of hydrogen-bond acceptors (Lipinski definition) is 5. The summed E-state index contributed by atoms with van der Waals surface area (Å²) in [6, 6.07) is 7.04. The first-order valence-corrected chi connectivity index (χ1v) is 10.1. The monoisotopic (exact) mass is 424 g/mol. The van der Waals surface area contributed by atoms with Crippen molar-refractivity contribution in [1.82, 2.24) is 23.6 Å². The van der Waals surface area contributed by atoms with E-state index in [1.54, 1.807) is 16.5 Å². The molecule has 2 amide bonds. The van der Waals surface area contributed by atoms with Crippen LogP contribution in [0.3, 0.4) is 0 Å². The zero-order chi connectivity index (χ0) is 22.3. The van der Waals surface area contributed by atoms with Gasteiger partial charge < -0.3 is 15.2 Å². The Balaban J connectivity index is 1.50. The molecule has 0 radical (unpaired) electrons. The van der Waals surface area contributed by atoms with E-state index in [4.69, 9.17) is 5.73 Å². The smallest absolute Gasteiger partial charge is 0.332 e. The predicted octanol–water partition coefficient (Wildman–Crippen LogP) is -0.347. The van der Waals surface area contributed by atoms with E-state index in [1.165, 1.54) is 17.9 Å². The molecule has 1 aliphatic rings. The number of nitrogens with two attached hydrogens (primary N) is 1. The highest BCUT2D eigenvalue weighted by atomic mass is 16.2. The van der Waals surface area contributed by atoms with E-state index in [1.807, 2.05) is 24.3 Å². The molecule has 31 heavy (non-hydrogen) atoms. The number of benzene rings is 1. The van der Waals surface area contributed by atoms with Crippen LogP contribution in [0.5, 0.6) is 0 Å². The molecule has 0 saturated heterocycles. The zero-order valence-electron chi connectivity index (χ0n) is 17.4. The molecular formula is C21H24N6O4. The number of primary amides is 1. The van der Waals surface area contributed by atoms with Gasteiger partial charge in [-0.25, -0.2) is 9.78 Å². The first-order valence-electron chi connectivity index (χ1n) is 10.1. The summed E-state index contributed by atoms with van der Waals surface area (Å²) in [6.45, 7) is 0.723. The number of aryl methyl sites for hydroxylation is 2. The standard InChI is InChI=1S/C21H24N6O4/c1-24-19-17(20(30)25(2)21(24)31)26(12-23-19)9-5-8-16(28)27-11-14-7-4-3-6-13(14)10-15(27)18(22)29/h3-4,6-7,12,15H,5,8-11H2,1-2H3,(H2,22,29)/t15-/m0/s1. The van der Waals surface area contributed by atoms with Gasteiger partial charge in [0, 0.05) is 40.0 Å². The third-order valence-corrected chi connectivity index (χ3v) is 5.90. The topological polar surface area (TPSA) is 125 Å². The first kappa shape index (κ1) is 20.6. The molecule has 10 nitrogen and oxygen atoms in total. The largest absolute Gasteiger partial charge is 0.368 e. The predicted molar refractivity (Wildman–Crippen MR) is 113 cm³/mol. The number of fused-ring (bicyclic) bond motifs is 2. The van der Waals surface area contributed by atoms with Gasteiger partial charge in [-0.05, 0) is 17.5 Å². The van der Waals surface area contributed by atoms with Crippen molar-refractivity contribution >= 4 is 23.0 Å². The number of carbonyl (C=O) groups is 2. The van der Waals surface area contributed by atoms with E-state index in [9.17, 15) is 19.2 Å². The lowest BCUT2D eigenvalue weighted by molar-refractivity contribution is -0.140. The summed E-state index contributed by atoms with van der Waals surface area (Å²) in [4.78, 5) is 55.2. The maximum Gasteiger partial charge on any atom is 0.332 e. The maximum absolute atomic E-state index is 12.9. The van der Waals surface area contributed by atoms with Crippen molar-refractivity contribution in [2.45, 2.75) is 38.4 Å². The summed E-state index contributed by atoms with van der Waals surface area (Å²) in [7, 11) is 2.98. The molecule has 162 valence electrons. The molecular weight excluding hydrogens is 400 g/mol. The number of imidazole rings is 1. The van der Waals surface area contributed by atoms with Crippen molar-refractivity contribution in [3.8, 4) is 0 Å². The van der Waals surface area contributed by atoms with Gasteiger partial charge in [0.05, 0.1) is 6.33 Å². The van der Waals surface area contributed by atoms with Crippen LogP contribution in [0.15, 0.2) is 40.2 Å². The van der Waals surface area contributed by atoms with Crippen LogP contribution in [0.4, 0.5) is 0 Å². The lowest BCUT2D eigenvalue weighted by atomic mass is 9.93. The van der Waals surface area contributed by atoms with E-state index >= 15 is 0 Å². The highest BCUT2D eigenvalue weighted by molar-refractivity contribution is 5.87. The average molecular weight is 424 g/mol. The van der Waals surface area contributed by atoms with E-state index in [2.05, 4.69) is 4.98 Å². The number of rotatable bonds is 5. The second kappa shape index (κ2) is 7.86. The van der Waals surface area contributed by atoms with Gasteiger partial charge in [-0.1, -0.05) is 24.3 Å². The maximum atomic E-state index is 12.9. The summed E-state index contributed by atoms with van der Waals surface area (Å²) >= 11 is 0. The summed E-state index contributed by atoms with van der Waals surface area (Å²) in [5.41, 5.74) is 7.36. The Kier molecular flexibility index (Phi) is 5.22. The molecule has 1 aromatic carbocycles. The third-order valence-electron chi connectivity index (χ3n) is 5.90. The molecule has 2 aromatic heterocycles. The Morgan fingerprint density at radius 2 is 1.84 bits per heavy atom. The molecule has 2 N–H and O–H groups in total. The number of aromatic nitrogens is 4. The molecule has 0 spiro atoms. The van der Waals surface area contributed by atoms with Crippen molar-refractivity contribution < 1.29 is 9.59 Å². The summed E-state index contributed by atoms with van der Waals surface area (Å²) < 4.78 is 4.01. The van der Waals surface area contributed by atoms with Gasteiger partial charge in [0.25, 0.3) is 5.56 Å². The fourth-order valence-corrected chi connectivity index (χ4v) is 4.15. The normalized spacial score (nSPS) is 15.8. The van der Waals surface area contributed by atoms with Crippen LogP contribution in [-0.2, 0) is 43.2 Å². The van der Waals surface area contributed by atoms with Crippen molar-refractivity contribution in [2.75, 3.05) is 0 Å². The molecule has 10 heteroatoms. The molecule has 0 bridgehead atoms. The fraction of sp³-hybridized carbons (Fsp3) is 0.381. The quantitative estimate of drug-likeness (QED) is 0.599. The van der Waals surface area contributed by atoms with Crippen LogP contribution in [0.25, 0.3) is 11.2 Å². The molecule has 0 saturated carbocycles. The number of hydrogen-bond donors (Lipinski definition) is 1. The molecule has 0 aliphatic carbocycles. The van der Waals surface area contributed by atoms with Crippen molar-refractivity contribution in [2.24, 2.45) is 19.8 Å². The Bertz CT molecular complexity index is 1300. The van der Waals surface area contributed by atoms with E-state index in [0.29, 0.717) is 37.1 Å². The number of nitrogens with zero attached hydrogens (tertiary/aromatic N) is 5. The van der Waals surface area contributed by atoms with E-state index in [-0.39, 0.29) is 12.3 Å². The lowest BCUT2D eigenvalue weighted by Crippen LogP contribution is -2.51. The fourth-order valence-electron chi connectivity index (χ4n) is 4.15. The number of carbonyl (C=O) groups excluding carboxylic acids is 2. The van der Waals surface area contributed by atoms with Crippen LogP contribution in [0.2, 0.25) is 0 Å². The van der Waals surface area contributed by atoms with Gasteiger partial charge in [-0.3, -0.25) is 23.5 Å². The molecule has 3 aromatic rings. The van der Waals surface area contributed by atoms with Crippen LogP contribution < -0.4 is 17.0 Å². The summed E-state index contributed by atoms with van der Waals surface area (Å²) in [5.74, 6) is -0.684. The molecule has 0 fully saturated rings. The third kappa shape index (κ3) is 3.54. The molecule has 0 unspecified atom stereocenters. The van der Waals surface area contributed by atoms with Gasteiger partial charge in [0.2, 0.25) is 11.8 Å². The Labute approximate surface area is 177 Å². The van der Waals surface area contributed by atoms with Gasteiger partial charge >= 0.3 is 5.69 Å². The van der Waals surface area contributed by atoms with Crippen LogP contribution >= 0.6 is 0 Å². The summed E-state index contributed by atoms with van der Waals surface area (Å²) in [5, 5.41) is 0. The second-order valence-electron chi connectivity index (χ2n) is 7.83. The van der Waals surface area contributed by atoms with Crippen molar-refractivity contribution in [1.29, 1.82) is 0 Å². The Morgan fingerprint density at radius 1 is 1.13 bits per heavy atom. The Morgan fingerprint density at radius 3 is 2.55 bits per heavy atom. The SMILES string of the molecule is Cn1c(=O)c2c(ncn2CCCC(=O)N2Cc3ccccc3C[C@H]2C(N)=O)n(C)c1=O. The molecule has 4 rings (SSSR count). The molecule has 3 heterocycles. The van der Waals surface area contributed by atoms with Crippen LogP contribution in [0, 0.1) is 0 Å². The number of amides is 2. The van der Waals surface area contributed by atoms with E-state index in [0.717, 1.165) is 15.7 Å². The molecule has 1 aliphatic heterocycles. The molecule has 1 atom stereocenters. The lowest BCUT2D eigenvalue weighted by Gasteiger charge is -2.35. The van der Waals surface area contributed by atoms with E-state index < -0.39 is 23.2 Å². The average Bonchev–Trinajstić information content (AvgIpc) is 3.19. The van der Waals surface area contributed by atoms with Gasteiger partial charge in [0.15, 0.2) is 11.2 Å². The van der Waals surface area contributed by atoms with Gasteiger partial charge in [-0.15, -0.1) is 0 Å². The summed E-state index contributed by atoms with van der Waals surface area (Å²) in [6.07, 6.45) is 2.55.